The highest BCUT2D eigenvalue weighted by Gasteiger charge is 2.45. The molecule has 0 aromatic heterocycles. The van der Waals surface area contributed by atoms with Crippen LogP contribution < -0.4 is 9.47 Å². The minimum absolute atomic E-state index is 0.0240. The summed E-state index contributed by atoms with van der Waals surface area (Å²) in [5.41, 5.74) is 1.31. The maximum atomic E-state index is 13.3. The Morgan fingerprint density at radius 2 is 1.66 bits per heavy atom. The lowest BCUT2D eigenvalue weighted by molar-refractivity contribution is -0.140. The quantitative estimate of drug-likeness (QED) is 0.266. The number of ketones is 1. The number of amides is 1. The summed E-state index contributed by atoms with van der Waals surface area (Å²) in [5.74, 6) is -0.0647. The lowest BCUT2D eigenvalue weighted by Gasteiger charge is -2.29. The van der Waals surface area contributed by atoms with Crippen LogP contribution in [-0.4, -0.2) is 78.7 Å². The van der Waals surface area contributed by atoms with Gasteiger partial charge in [-0.15, -0.1) is 0 Å². The molecule has 204 valence electrons. The van der Waals surface area contributed by atoms with Crippen molar-refractivity contribution in [1.82, 2.24) is 9.80 Å². The normalized spacial score (nSPS) is 19.8. The molecule has 2 fully saturated rings. The molecule has 1 amide bonds. The Labute approximate surface area is 224 Å². The van der Waals surface area contributed by atoms with E-state index in [0.29, 0.717) is 49.8 Å². The fraction of sp³-hybridized carbons (Fsp3) is 0.467. The molecule has 8 heteroatoms. The summed E-state index contributed by atoms with van der Waals surface area (Å²) in [6.45, 7) is 10.9. The van der Waals surface area contributed by atoms with Gasteiger partial charge in [0.25, 0.3) is 11.7 Å². The zero-order valence-corrected chi connectivity index (χ0v) is 22.5. The van der Waals surface area contributed by atoms with Crippen LogP contribution in [0.1, 0.15) is 50.8 Å². The highest BCUT2D eigenvalue weighted by atomic mass is 16.5. The minimum Gasteiger partial charge on any atom is -0.507 e. The summed E-state index contributed by atoms with van der Waals surface area (Å²) in [7, 11) is 0. The van der Waals surface area contributed by atoms with Crippen molar-refractivity contribution in [3.8, 4) is 11.5 Å². The number of hydrogen-bond donors (Lipinski definition) is 1. The third-order valence-corrected chi connectivity index (χ3v) is 6.69. The van der Waals surface area contributed by atoms with Gasteiger partial charge in [0.05, 0.1) is 37.5 Å². The van der Waals surface area contributed by atoms with E-state index in [4.69, 9.17) is 14.2 Å². The molecule has 0 saturated carbocycles. The van der Waals surface area contributed by atoms with Crippen molar-refractivity contribution < 1.29 is 28.9 Å². The van der Waals surface area contributed by atoms with E-state index in [1.807, 2.05) is 45.0 Å². The average molecular weight is 523 g/mol. The Balaban J connectivity index is 1.64. The van der Waals surface area contributed by atoms with Crippen molar-refractivity contribution in [2.45, 2.75) is 45.8 Å². The van der Waals surface area contributed by atoms with Crippen LogP contribution in [0.4, 0.5) is 0 Å². The highest BCUT2D eigenvalue weighted by Crippen LogP contribution is 2.40. The molecule has 1 N–H and O–H groups in total. The van der Waals surface area contributed by atoms with Crippen LogP contribution >= 0.6 is 0 Å². The van der Waals surface area contributed by atoms with Crippen LogP contribution in [0.15, 0.2) is 54.1 Å². The summed E-state index contributed by atoms with van der Waals surface area (Å²) in [5, 5.41) is 11.3. The topological polar surface area (TPSA) is 88.5 Å². The second kappa shape index (κ2) is 12.9. The van der Waals surface area contributed by atoms with Crippen molar-refractivity contribution in [2.24, 2.45) is 0 Å². The number of Topliss-reactive ketones (excluding diaryl/α,β-unsaturated/α-hetero) is 1. The van der Waals surface area contributed by atoms with Gasteiger partial charge in [-0.2, -0.15) is 0 Å². The first kappa shape index (κ1) is 27.7. The van der Waals surface area contributed by atoms with Crippen molar-refractivity contribution in [3.63, 3.8) is 0 Å². The number of ether oxygens (including phenoxy) is 3. The van der Waals surface area contributed by atoms with Crippen LogP contribution in [0.5, 0.6) is 11.5 Å². The van der Waals surface area contributed by atoms with Gasteiger partial charge in [0.15, 0.2) is 0 Å². The Bertz CT molecular complexity index is 1120. The molecule has 0 radical (unpaired) electrons. The number of nitrogens with zero attached hydrogens (tertiary/aromatic N) is 2. The number of hydrogen-bond acceptors (Lipinski definition) is 7. The highest BCUT2D eigenvalue weighted by molar-refractivity contribution is 6.46. The molecular weight excluding hydrogens is 484 g/mol. The van der Waals surface area contributed by atoms with E-state index in [2.05, 4.69) is 4.90 Å². The maximum Gasteiger partial charge on any atom is 0.295 e. The molecule has 2 saturated heterocycles. The van der Waals surface area contributed by atoms with E-state index in [0.717, 1.165) is 31.6 Å². The number of likely N-dealkylation sites (tertiary alicyclic amines) is 1. The molecule has 0 aliphatic carbocycles. The average Bonchev–Trinajstić information content (AvgIpc) is 3.17. The Morgan fingerprint density at radius 1 is 1.00 bits per heavy atom. The molecule has 2 heterocycles. The standard InChI is InChI=1S/C30H38N2O6/c1-4-18-37-24-10-8-23(9-11-24)28(33)26-27(22-6-12-25(13-7-22)38-21(2)3)32(30(35)29(26)34)15-5-14-31-16-19-36-20-17-31/h6-13,21,27,33H,4-5,14-20H2,1-3H3/t27-/m0/s1. The summed E-state index contributed by atoms with van der Waals surface area (Å²) < 4.78 is 16.8. The van der Waals surface area contributed by atoms with Crippen LogP contribution in [0, 0.1) is 0 Å². The van der Waals surface area contributed by atoms with Gasteiger partial charge in [0.1, 0.15) is 17.3 Å². The zero-order chi connectivity index (χ0) is 27.1. The van der Waals surface area contributed by atoms with Gasteiger partial charge >= 0.3 is 0 Å². The molecule has 0 unspecified atom stereocenters. The molecule has 38 heavy (non-hydrogen) atoms. The van der Waals surface area contributed by atoms with Gasteiger partial charge in [-0.05, 0) is 68.7 Å². The van der Waals surface area contributed by atoms with Crippen molar-refractivity contribution in [1.29, 1.82) is 0 Å². The van der Waals surface area contributed by atoms with E-state index in [9.17, 15) is 14.7 Å². The van der Waals surface area contributed by atoms with Gasteiger partial charge in [0.2, 0.25) is 0 Å². The largest absolute Gasteiger partial charge is 0.507 e. The maximum absolute atomic E-state index is 13.3. The number of aliphatic hydroxyl groups is 1. The fourth-order valence-electron chi connectivity index (χ4n) is 4.83. The number of benzene rings is 2. The molecule has 0 spiro atoms. The van der Waals surface area contributed by atoms with Crippen LogP contribution in [0.3, 0.4) is 0 Å². The molecule has 2 aromatic rings. The van der Waals surface area contributed by atoms with Gasteiger partial charge in [-0.1, -0.05) is 19.1 Å². The van der Waals surface area contributed by atoms with Gasteiger partial charge < -0.3 is 24.2 Å². The molecule has 2 aliphatic heterocycles. The van der Waals surface area contributed by atoms with Gasteiger partial charge in [0, 0.05) is 31.7 Å². The van der Waals surface area contributed by atoms with E-state index in [1.54, 1.807) is 29.2 Å². The molecule has 8 nitrogen and oxygen atoms in total. The number of morpholine rings is 1. The first-order chi connectivity index (χ1) is 18.4. The predicted octanol–water partition coefficient (Wildman–Crippen LogP) is 4.41. The van der Waals surface area contributed by atoms with Crippen LogP contribution in [0.2, 0.25) is 0 Å². The lowest BCUT2D eigenvalue weighted by Crippen LogP contribution is -2.38. The monoisotopic (exact) mass is 522 g/mol. The molecule has 2 aromatic carbocycles. The van der Waals surface area contributed by atoms with Crippen LogP contribution in [-0.2, 0) is 14.3 Å². The lowest BCUT2D eigenvalue weighted by atomic mass is 9.95. The van der Waals surface area contributed by atoms with Crippen LogP contribution in [0.25, 0.3) is 5.76 Å². The summed E-state index contributed by atoms with van der Waals surface area (Å²) in [6, 6.07) is 13.6. The van der Waals surface area contributed by atoms with Crippen molar-refractivity contribution >= 4 is 17.4 Å². The molecule has 4 rings (SSSR count). The predicted molar refractivity (Wildman–Crippen MR) is 145 cm³/mol. The second-order valence-electron chi connectivity index (χ2n) is 9.91. The van der Waals surface area contributed by atoms with E-state index < -0.39 is 17.7 Å². The summed E-state index contributed by atoms with van der Waals surface area (Å²) >= 11 is 0. The van der Waals surface area contributed by atoms with E-state index in [-0.39, 0.29) is 17.4 Å². The molecule has 2 aliphatic rings. The van der Waals surface area contributed by atoms with Gasteiger partial charge in [-0.25, -0.2) is 0 Å². The third kappa shape index (κ3) is 6.55. The Morgan fingerprint density at radius 3 is 2.29 bits per heavy atom. The van der Waals surface area contributed by atoms with E-state index >= 15 is 0 Å². The minimum atomic E-state index is -0.691. The summed E-state index contributed by atoms with van der Waals surface area (Å²) in [4.78, 5) is 30.5. The van der Waals surface area contributed by atoms with Gasteiger partial charge in [-0.3, -0.25) is 14.5 Å². The Hall–Kier alpha value is -3.36. The fourth-order valence-corrected chi connectivity index (χ4v) is 4.83. The first-order valence-corrected chi connectivity index (χ1v) is 13.5. The molecular formula is C30H38N2O6. The number of rotatable bonds is 11. The third-order valence-electron chi connectivity index (χ3n) is 6.69. The van der Waals surface area contributed by atoms with Crippen molar-refractivity contribution in [3.05, 3.63) is 65.2 Å². The first-order valence-electron chi connectivity index (χ1n) is 13.5. The molecule has 1 atom stereocenters. The second-order valence-corrected chi connectivity index (χ2v) is 9.91. The summed E-state index contributed by atoms with van der Waals surface area (Å²) in [6.07, 6.45) is 1.62. The smallest absolute Gasteiger partial charge is 0.295 e. The number of carbonyl (C=O) groups is 2. The number of carbonyl (C=O) groups excluding carboxylic acids is 2. The SMILES string of the molecule is CCCOc1ccc(C(O)=C2C(=O)C(=O)N(CCCN3CCOCC3)[C@H]2c2ccc(OC(C)C)cc2)cc1. The Kier molecular flexibility index (Phi) is 9.42. The number of aliphatic hydroxyl groups excluding tert-OH is 1. The van der Waals surface area contributed by atoms with Crippen molar-refractivity contribution in [2.75, 3.05) is 46.0 Å². The molecule has 0 bridgehead atoms. The zero-order valence-electron chi connectivity index (χ0n) is 22.5. The van der Waals surface area contributed by atoms with E-state index in [1.165, 1.54) is 0 Å².